The quantitative estimate of drug-likeness (QED) is 0.788. The molecule has 0 bridgehead atoms. The molecule has 3 N–H and O–H groups in total. The number of hydrogen-bond donors (Lipinski definition) is 2. The Morgan fingerprint density at radius 3 is 3.00 bits per heavy atom. The van der Waals surface area contributed by atoms with E-state index >= 15 is 0 Å². The number of fused-ring (bicyclic) bond motifs is 1. The molecule has 2 heterocycles. The van der Waals surface area contributed by atoms with Crippen LogP contribution in [0.5, 0.6) is 5.75 Å². The van der Waals surface area contributed by atoms with Gasteiger partial charge in [-0.05, 0) is 12.1 Å². The number of nitrogens with one attached hydrogen (secondary N) is 1. The minimum atomic E-state index is -0.737. The molecule has 112 valence electrons. The fourth-order valence-corrected chi connectivity index (χ4v) is 2.58. The van der Waals surface area contributed by atoms with E-state index in [4.69, 9.17) is 15.2 Å². The molecule has 21 heavy (non-hydrogen) atoms. The Kier molecular flexibility index (Phi) is 3.66. The summed E-state index contributed by atoms with van der Waals surface area (Å²) < 4.78 is 10.8. The third kappa shape index (κ3) is 2.52. The Hall–Kier alpha value is -2.28. The Morgan fingerprint density at radius 2 is 2.19 bits per heavy atom. The molecule has 0 spiro atoms. The van der Waals surface area contributed by atoms with E-state index in [2.05, 4.69) is 5.32 Å². The number of anilines is 1. The molecule has 0 aliphatic carbocycles. The molecule has 1 fully saturated rings. The van der Waals surface area contributed by atoms with E-state index < -0.39 is 11.9 Å². The van der Waals surface area contributed by atoms with Crippen LogP contribution in [0.3, 0.4) is 0 Å². The number of morpholine rings is 1. The minimum Gasteiger partial charge on any atom is -0.489 e. The number of hydrogen-bond acceptors (Lipinski definition) is 5. The highest BCUT2D eigenvalue weighted by atomic mass is 16.5. The summed E-state index contributed by atoms with van der Waals surface area (Å²) in [5, 5.41) is 3.18. The smallest absolute Gasteiger partial charge is 0.258 e. The summed E-state index contributed by atoms with van der Waals surface area (Å²) >= 11 is 0. The maximum Gasteiger partial charge on any atom is 0.258 e. The van der Waals surface area contributed by atoms with Crippen molar-refractivity contribution < 1.29 is 19.1 Å². The predicted molar refractivity (Wildman–Crippen MR) is 75.3 cm³/mol. The van der Waals surface area contributed by atoms with Gasteiger partial charge in [-0.3, -0.25) is 9.59 Å². The zero-order valence-electron chi connectivity index (χ0n) is 11.5. The maximum absolute atomic E-state index is 12.7. The third-order valence-corrected chi connectivity index (χ3v) is 3.63. The molecule has 2 aliphatic heterocycles. The number of carbonyl (C=O) groups excluding carboxylic acids is 2. The predicted octanol–water partition coefficient (Wildman–Crippen LogP) is -0.183. The van der Waals surface area contributed by atoms with Gasteiger partial charge in [-0.1, -0.05) is 6.07 Å². The number of benzene rings is 1. The van der Waals surface area contributed by atoms with E-state index in [0.717, 1.165) is 5.69 Å². The first-order chi connectivity index (χ1) is 10.2. The van der Waals surface area contributed by atoms with Crippen LogP contribution in [0.2, 0.25) is 0 Å². The van der Waals surface area contributed by atoms with Crippen molar-refractivity contribution in [3.05, 3.63) is 23.8 Å². The fraction of sp³-hybridized carbons (Fsp3) is 0.429. The molecular formula is C14H17N3O4. The van der Waals surface area contributed by atoms with Gasteiger partial charge in [0.2, 0.25) is 5.91 Å². The standard InChI is InChI=1S/C14H17N3O4/c15-13(18)11-8-20-7-5-17(11)14(19)9-2-1-3-10-12(9)21-6-4-16-10/h1-3,11,16H,4-8H2,(H2,15,18). The lowest BCUT2D eigenvalue weighted by Gasteiger charge is -2.34. The topological polar surface area (TPSA) is 93.9 Å². The van der Waals surface area contributed by atoms with E-state index in [-0.39, 0.29) is 12.5 Å². The first-order valence-corrected chi connectivity index (χ1v) is 6.86. The number of para-hydroxylation sites is 1. The number of carbonyl (C=O) groups is 2. The molecule has 7 heteroatoms. The number of ether oxygens (including phenoxy) is 2. The molecule has 2 aliphatic rings. The van der Waals surface area contributed by atoms with Gasteiger partial charge in [0.15, 0.2) is 5.75 Å². The summed E-state index contributed by atoms with van der Waals surface area (Å²) in [6, 6.07) is 4.60. The summed E-state index contributed by atoms with van der Waals surface area (Å²) in [5.74, 6) is -0.294. The van der Waals surface area contributed by atoms with Gasteiger partial charge in [-0.15, -0.1) is 0 Å². The lowest BCUT2D eigenvalue weighted by Crippen LogP contribution is -2.54. The van der Waals surface area contributed by atoms with Crippen molar-refractivity contribution in [1.82, 2.24) is 4.90 Å². The van der Waals surface area contributed by atoms with Crippen LogP contribution < -0.4 is 15.8 Å². The van der Waals surface area contributed by atoms with Crippen molar-refractivity contribution in [1.29, 1.82) is 0 Å². The van der Waals surface area contributed by atoms with Gasteiger partial charge in [0.1, 0.15) is 12.6 Å². The van der Waals surface area contributed by atoms with Crippen LogP contribution in [-0.2, 0) is 9.53 Å². The Bertz CT molecular complexity index is 575. The molecule has 3 rings (SSSR count). The van der Waals surface area contributed by atoms with E-state index in [0.29, 0.717) is 37.6 Å². The molecule has 1 aromatic rings. The molecule has 7 nitrogen and oxygen atoms in total. The van der Waals surface area contributed by atoms with Crippen molar-refractivity contribution in [2.24, 2.45) is 5.73 Å². The lowest BCUT2D eigenvalue weighted by atomic mass is 10.1. The Morgan fingerprint density at radius 1 is 1.33 bits per heavy atom. The largest absolute Gasteiger partial charge is 0.489 e. The molecule has 1 aromatic carbocycles. The molecule has 2 amide bonds. The van der Waals surface area contributed by atoms with Gasteiger partial charge in [0.25, 0.3) is 5.91 Å². The van der Waals surface area contributed by atoms with Crippen molar-refractivity contribution in [3.8, 4) is 5.75 Å². The maximum atomic E-state index is 12.7. The van der Waals surface area contributed by atoms with Crippen molar-refractivity contribution in [2.45, 2.75) is 6.04 Å². The zero-order chi connectivity index (χ0) is 14.8. The van der Waals surface area contributed by atoms with Crippen LogP contribution in [0.1, 0.15) is 10.4 Å². The van der Waals surface area contributed by atoms with Crippen LogP contribution in [0.25, 0.3) is 0 Å². The molecule has 0 saturated carbocycles. The Labute approximate surface area is 122 Å². The van der Waals surface area contributed by atoms with Gasteiger partial charge in [-0.2, -0.15) is 0 Å². The third-order valence-electron chi connectivity index (χ3n) is 3.63. The van der Waals surface area contributed by atoms with Crippen molar-refractivity contribution in [2.75, 3.05) is 38.2 Å². The lowest BCUT2D eigenvalue weighted by molar-refractivity contribution is -0.127. The summed E-state index contributed by atoms with van der Waals surface area (Å²) in [6.07, 6.45) is 0. The van der Waals surface area contributed by atoms with Crippen molar-refractivity contribution in [3.63, 3.8) is 0 Å². The first-order valence-electron chi connectivity index (χ1n) is 6.86. The summed E-state index contributed by atoms with van der Waals surface area (Å²) in [6.45, 7) is 2.06. The van der Waals surface area contributed by atoms with Gasteiger partial charge in [-0.25, -0.2) is 0 Å². The summed E-state index contributed by atoms with van der Waals surface area (Å²) in [4.78, 5) is 25.7. The van der Waals surface area contributed by atoms with Gasteiger partial charge in [0, 0.05) is 13.1 Å². The fourth-order valence-electron chi connectivity index (χ4n) is 2.58. The average molecular weight is 291 g/mol. The van der Waals surface area contributed by atoms with Crippen LogP contribution in [0.4, 0.5) is 5.69 Å². The molecular weight excluding hydrogens is 274 g/mol. The molecule has 0 radical (unpaired) electrons. The van der Waals surface area contributed by atoms with Gasteiger partial charge in [0.05, 0.1) is 24.5 Å². The zero-order valence-corrected chi connectivity index (χ0v) is 11.5. The number of nitrogens with two attached hydrogens (primary N) is 1. The van der Waals surface area contributed by atoms with E-state index in [1.54, 1.807) is 12.1 Å². The second kappa shape index (κ2) is 5.61. The SMILES string of the molecule is NC(=O)C1COCCN1C(=O)c1cccc2c1OCCN2. The minimum absolute atomic E-state index is 0.134. The molecule has 1 saturated heterocycles. The highest BCUT2D eigenvalue weighted by Crippen LogP contribution is 2.32. The molecule has 1 atom stereocenters. The highest BCUT2D eigenvalue weighted by molar-refractivity contribution is 6.01. The highest BCUT2D eigenvalue weighted by Gasteiger charge is 2.33. The number of rotatable bonds is 2. The number of primary amides is 1. The second-order valence-corrected chi connectivity index (χ2v) is 4.95. The van der Waals surface area contributed by atoms with Crippen LogP contribution in [-0.4, -0.2) is 55.7 Å². The van der Waals surface area contributed by atoms with Crippen LogP contribution in [0.15, 0.2) is 18.2 Å². The number of nitrogens with zero attached hydrogens (tertiary/aromatic N) is 1. The normalized spacial score (nSPS) is 21.0. The van der Waals surface area contributed by atoms with Gasteiger partial charge >= 0.3 is 0 Å². The van der Waals surface area contributed by atoms with E-state index in [1.165, 1.54) is 4.90 Å². The molecule has 1 unspecified atom stereocenters. The van der Waals surface area contributed by atoms with E-state index in [9.17, 15) is 9.59 Å². The summed E-state index contributed by atoms with van der Waals surface area (Å²) in [7, 11) is 0. The van der Waals surface area contributed by atoms with Crippen LogP contribution >= 0.6 is 0 Å². The number of amides is 2. The van der Waals surface area contributed by atoms with Crippen molar-refractivity contribution >= 4 is 17.5 Å². The second-order valence-electron chi connectivity index (χ2n) is 4.95. The molecule has 0 aromatic heterocycles. The van der Waals surface area contributed by atoms with E-state index in [1.807, 2.05) is 6.07 Å². The first kappa shape index (κ1) is 13.7. The summed E-state index contributed by atoms with van der Waals surface area (Å²) in [5.41, 5.74) is 6.58. The Balaban J connectivity index is 1.92. The monoisotopic (exact) mass is 291 g/mol. The van der Waals surface area contributed by atoms with Crippen LogP contribution in [0, 0.1) is 0 Å². The van der Waals surface area contributed by atoms with Gasteiger partial charge < -0.3 is 25.4 Å². The average Bonchev–Trinajstić information content (AvgIpc) is 2.53.